The van der Waals surface area contributed by atoms with Crippen molar-refractivity contribution in [2.75, 3.05) is 7.05 Å². The van der Waals surface area contributed by atoms with Gasteiger partial charge >= 0.3 is 0 Å². The minimum absolute atomic E-state index is 0.137. The number of thiazole rings is 1. The molecule has 0 saturated carbocycles. The molecule has 1 aliphatic carbocycles. The number of aromatic nitrogens is 2. The molecular formula is C17H23N3O2S. The maximum atomic E-state index is 12.4. The molecule has 23 heavy (non-hydrogen) atoms. The van der Waals surface area contributed by atoms with Gasteiger partial charge in [0.1, 0.15) is 10.8 Å². The minimum atomic E-state index is 0.137. The number of aryl methyl sites for hydroxylation is 4. The van der Waals surface area contributed by atoms with Crippen LogP contribution >= 0.6 is 11.3 Å². The van der Waals surface area contributed by atoms with Crippen molar-refractivity contribution in [1.29, 1.82) is 0 Å². The number of hydrogen-bond acceptors (Lipinski definition) is 5. The Hall–Kier alpha value is -1.69. The molecule has 0 N–H and O–H groups in total. The van der Waals surface area contributed by atoms with Crippen LogP contribution in [0, 0.1) is 13.8 Å². The molecule has 1 aliphatic rings. The van der Waals surface area contributed by atoms with Gasteiger partial charge in [-0.1, -0.05) is 5.16 Å². The zero-order valence-electron chi connectivity index (χ0n) is 14.0. The molecule has 0 saturated heterocycles. The average molecular weight is 333 g/mol. The van der Waals surface area contributed by atoms with E-state index < -0.39 is 0 Å². The van der Waals surface area contributed by atoms with E-state index in [9.17, 15) is 4.79 Å². The van der Waals surface area contributed by atoms with Gasteiger partial charge in [0.15, 0.2) is 0 Å². The lowest BCUT2D eigenvalue weighted by molar-refractivity contribution is -0.130. The Kier molecular flexibility index (Phi) is 4.80. The lowest BCUT2D eigenvalue weighted by Crippen LogP contribution is -2.26. The lowest BCUT2D eigenvalue weighted by atomic mass is 10.0. The van der Waals surface area contributed by atoms with Crippen molar-refractivity contribution in [3.05, 3.63) is 32.6 Å². The summed E-state index contributed by atoms with van der Waals surface area (Å²) in [4.78, 5) is 20.3. The molecule has 3 rings (SSSR count). The van der Waals surface area contributed by atoms with E-state index in [-0.39, 0.29) is 5.91 Å². The molecule has 0 radical (unpaired) electrons. The van der Waals surface area contributed by atoms with Gasteiger partial charge in [-0.3, -0.25) is 4.79 Å². The third-order valence-electron chi connectivity index (χ3n) is 4.46. The summed E-state index contributed by atoms with van der Waals surface area (Å²) in [5.74, 6) is 0.948. The summed E-state index contributed by atoms with van der Waals surface area (Å²) in [5.41, 5.74) is 3.19. The average Bonchev–Trinajstić information content (AvgIpc) is 3.08. The molecule has 0 atom stereocenters. The summed E-state index contributed by atoms with van der Waals surface area (Å²) in [7, 11) is 1.86. The molecule has 0 spiro atoms. The van der Waals surface area contributed by atoms with Gasteiger partial charge in [0.2, 0.25) is 5.91 Å². The second kappa shape index (κ2) is 6.83. The fourth-order valence-electron chi connectivity index (χ4n) is 3.05. The molecule has 1 amide bonds. The van der Waals surface area contributed by atoms with Gasteiger partial charge in [-0.25, -0.2) is 4.98 Å². The first-order valence-corrected chi connectivity index (χ1v) is 8.99. The monoisotopic (exact) mass is 333 g/mol. The van der Waals surface area contributed by atoms with E-state index in [1.165, 1.54) is 23.4 Å². The van der Waals surface area contributed by atoms with Gasteiger partial charge in [-0.05, 0) is 46.0 Å². The normalized spacial score (nSPS) is 13.9. The quantitative estimate of drug-likeness (QED) is 0.843. The highest BCUT2D eigenvalue weighted by Crippen LogP contribution is 2.27. The Morgan fingerprint density at radius 2 is 2.09 bits per heavy atom. The van der Waals surface area contributed by atoms with Crippen LogP contribution in [-0.2, 0) is 30.6 Å². The van der Waals surface area contributed by atoms with Crippen LogP contribution in [0.5, 0.6) is 0 Å². The van der Waals surface area contributed by atoms with Crippen LogP contribution < -0.4 is 0 Å². The molecule has 2 aromatic heterocycles. The largest absolute Gasteiger partial charge is 0.361 e. The predicted octanol–water partition coefficient (Wildman–Crippen LogP) is 3.22. The summed E-state index contributed by atoms with van der Waals surface area (Å²) < 4.78 is 5.15. The van der Waals surface area contributed by atoms with Crippen LogP contribution in [0.1, 0.15) is 51.9 Å². The van der Waals surface area contributed by atoms with Gasteiger partial charge in [-0.2, -0.15) is 0 Å². The van der Waals surface area contributed by atoms with Crippen molar-refractivity contribution in [3.63, 3.8) is 0 Å². The van der Waals surface area contributed by atoms with Crippen LogP contribution in [-0.4, -0.2) is 28.0 Å². The highest BCUT2D eigenvalue weighted by molar-refractivity contribution is 7.11. The zero-order valence-corrected chi connectivity index (χ0v) is 14.8. The molecule has 2 heterocycles. The summed E-state index contributed by atoms with van der Waals surface area (Å²) in [6, 6.07) is 0. The summed E-state index contributed by atoms with van der Waals surface area (Å²) in [6.45, 7) is 4.42. The van der Waals surface area contributed by atoms with E-state index in [1.54, 1.807) is 16.2 Å². The highest BCUT2D eigenvalue weighted by atomic mass is 32.1. The van der Waals surface area contributed by atoms with E-state index in [0.717, 1.165) is 34.9 Å². The van der Waals surface area contributed by atoms with Crippen LogP contribution in [0.15, 0.2) is 4.52 Å². The Morgan fingerprint density at radius 1 is 1.30 bits per heavy atom. The van der Waals surface area contributed by atoms with Crippen LogP contribution in [0.25, 0.3) is 0 Å². The van der Waals surface area contributed by atoms with E-state index in [2.05, 4.69) is 5.16 Å². The van der Waals surface area contributed by atoms with Crippen molar-refractivity contribution in [2.24, 2.45) is 0 Å². The third-order valence-corrected chi connectivity index (χ3v) is 5.60. The van der Waals surface area contributed by atoms with Crippen LogP contribution in [0.4, 0.5) is 0 Å². The van der Waals surface area contributed by atoms with Crippen molar-refractivity contribution >= 4 is 17.2 Å². The van der Waals surface area contributed by atoms with Gasteiger partial charge < -0.3 is 9.42 Å². The first-order chi connectivity index (χ1) is 11.0. The Morgan fingerprint density at radius 3 is 2.78 bits per heavy atom. The molecule has 0 fully saturated rings. The van der Waals surface area contributed by atoms with Crippen molar-refractivity contribution in [3.8, 4) is 0 Å². The first-order valence-electron chi connectivity index (χ1n) is 8.17. The number of carbonyl (C=O) groups is 1. The molecule has 0 aromatic carbocycles. The lowest BCUT2D eigenvalue weighted by Gasteiger charge is -2.15. The molecule has 0 unspecified atom stereocenters. The van der Waals surface area contributed by atoms with Crippen LogP contribution in [0.2, 0.25) is 0 Å². The molecular weight excluding hydrogens is 310 g/mol. The molecule has 6 heteroatoms. The van der Waals surface area contributed by atoms with E-state index in [4.69, 9.17) is 9.51 Å². The molecule has 5 nitrogen and oxygen atoms in total. The Labute approximate surface area is 140 Å². The third kappa shape index (κ3) is 3.63. The number of carbonyl (C=O) groups excluding carboxylic acids is 1. The summed E-state index contributed by atoms with van der Waals surface area (Å²) in [6.07, 6.45) is 5.90. The van der Waals surface area contributed by atoms with E-state index >= 15 is 0 Å². The number of hydrogen-bond donors (Lipinski definition) is 0. The van der Waals surface area contributed by atoms with E-state index in [1.807, 2.05) is 20.9 Å². The smallest absolute Gasteiger partial charge is 0.223 e. The zero-order chi connectivity index (χ0) is 16.4. The summed E-state index contributed by atoms with van der Waals surface area (Å²) in [5, 5.41) is 5.00. The van der Waals surface area contributed by atoms with Gasteiger partial charge in [0, 0.05) is 23.9 Å². The SMILES string of the molecule is Cc1noc(C)c1CCC(=O)N(C)Cc1nc2c(s1)CCCC2. The van der Waals surface area contributed by atoms with Gasteiger partial charge in [-0.15, -0.1) is 11.3 Å². The Bertz CT molecular complexity index is 662. The second-order valence-electron chi connectivity index (χ2n) is 6.24. The second-order valence-corrected chi connectivity index (χ2v) is 7.41. The maximum absolute atomic E-state index is 12.4. The number of fused-ring (bicyclic) bond motifs is 1. The molecule has 2 aromatic rings. The molecule has 124 valence electrons. The molecule has 0 bridgehead atoms. The van der Waals surface area contributed by atoms with Crippen molar-refractivity contribution in [2.45, 2.75) is 58.9 Å². The highest BCUT2D eigenvalue weighted by Gasteiger charge is 2.18. The van der Waals surface area contributed by atoms with Crippen molar-refractivity contribution in [1.82, 2.24) is 15.0 Å². The number of amides is 1. The van der Waals surface area contributed by atoms with Gasteiger partial charge in [0.25, 0.3) is 0 Å². The van der Waals surface area contributed by atoms with Crippen LogP contribution in [0.3, 0.4) is 0 Å². The fraction of sp³-hybridized carbons (Fsp3) is 0.588. The number of rotatable bonds is 5. The minimum Gasteiger partial charge on any atom is -0.361 e. The molecule has 0 aliphatic heterocycles. The van der Waals surface area contributed by atoms with E-state index in [0.29, 0.717) is 19.4 Å². The fourth-order valence-corrected chi connectivity index (χ4v) is 4.26. The predicted molar refractivity (Wildman–Crippen MR) is 89.5 cm³/mol. The van der Waals surface area contributed by atoms with Crippen molar-refractivity contribution < 1.29 is 9.32 Å². The first kappa shape index (κ1) is 16.2. The number of nitrogens with zero attached hydrogens (tertiary/aromatic N) is 3. The van der Waals surface area contributed by atoms with Gasteiger partial charge in [0.05, 0.1) is 17.9 Å². The Balaban J connectivity index is 1.56. The topological polar surface area (TPSA) is 59.2 Å². The summed E-state index contributed by atoms with van der Waals surface area (Å²) >= 11 is 1.77. The standard InChI is InChI=1S/C17H23N3O2S/c1-11-13(12(2)22-19-11)8-9-17(21)20(3)10-16-18-14-6-4-5-7-15(14)23-16/h4-10H2,1-3H3. The maximum Gasteiger partial charge on any atom is 0.223 e.